The number of carbonyl (C=O) groups excluding carboxylic acids is 2. The number of nitrogens with one attached hydrogen (secondary N) is 1. The van der Waals surface area contributed by atoms with Crippen LogP contribution in [0.4, 0.5) is 10.1 Å². The first-order chi connectivity index (χ1) is 11.1. The van der Waals surface area contributed by atoms with Gasteiger partial charge in [-0.05, 0) is 35.9 Å². The minimum Gasteiger partial charge on any atom is -0.455 e. The van der Waals surface area contributed by atoms with Crippen LogP contribution in [0.15, 0.2) is 48.5 Å². The molecule has 0 heterocycles. The third kappa shape index (κ3) is 5.25. The van der Waals surface area contributed by atoms with E-state index in [2.05, 4.69) is 5.32 Å². The fourth-order valence-corrected chi connectivity index (χ4v) is 1.83. The number of halogens is 1. The van der Waals surface area contributed by atoms with Crippen LogP contribution in [0.2, 0.25) is 0 Å². The van der Waals surface area contributed by atoms with Crippen LogP contribution in [0.3, 0.4) is 0 Å². The summed E-state index contributed by atoms with van der Waals surface area (Å²) in [5.41, 5.74) is 1.46. The molecule has 6 heteroatoms. The average Bonchev–Trinajstić information content (AvgIpc) is 2.55. The number of nitriles is 1. The summed E-state index contributed by atoms with van der Waals surface area (Å²) in [6.45, 7) is -0.434. The lowest BCUT2D eigenvalue weighted by Gasteiger charge is -2.07. The predicted octanol–water partition coefficient (Wildman–Crippen LogP) is 2.42. The van der Waals surface area contributed by atoms with Crippen LogP contribution in [0.5, 0.6) is 0 Å². The van der Waals surface area contributed by atoms with Crippen LogP contribution in [0.1, 0.15) is 11.1 Å². The van der Waals surface area contributed by atoms with Crippen LogP contribution in [-0.2, 0) is 20.7 Å². The van der Waals surface area contributed by atoms with Crippen LogP contribution in [0.25, 0.3) is 0 Å². The average molecular weight is 312 g/mol. The highest BCUT2D eigenvalue weighted by Gasteiger charge is 2.09. The van der Waals surface area contributed by atoms with E-state index in [9.17, 15) is 14.0 Å². The van der Waals surface area contributed by atoms with Crippen molar-refractivity contribution in [3.8, 4) is 6.07 Å². The molecular formula is C17H13FN2O3. The summed E-state index contributed by atoms with van der Waals surface area (Å²) in [5.74, 6) is -1.48. The highest BCUT2D eigenvalue weighted by Crippen LogP contribution is 2.09. The Hall–Kier alpha value is -3.20. The van der Waals surface area contributed by atoms with Gasteiger partial charge >= 0.3 is 5.97 Å². The third-order valence-corrected chi connectivity index (χ3v) is 2.90. The molecule has 0 bridgehead atoms. The molecule has 2 rings (SSSR count). The zero-order valence-corrected chi connectivity index (χ0v) is 12.1. The first kappa shape index (κ1) is 16.2. The Morgan fingerprint density at radius 3 is 2.61 bits per heavy atom. The van der Waals surface area contributed by atoms with Gasteiger partial charge in [0.25, 0.3) is 5.91 Å². The predicted molar refractivity (Wildman–Crippen MR) is 80.8 cm³/mol. The number of carbonyl (C=O) groups is 2. The number of rotatable bonds is 5. The SMILES string of the molecule is N#Cc1cccc(NC(=O)COC(=O)Cc2ccc(F)cc2)c1. The van der Waals surface area contributed by atoms with Gasteiger partial charge in [0.1, 0.15) is 5.82 Å². The Kier molecular flexibility index (Phi) is 5.42. The molecule has 2 aromatic carbocycles. The van der Waals surface area contributed by atoms with Crippen LogP contribution >= 0.6 is 0 Å². The second-order valence-corrected chi connectivity index (χ2v) is 4.70. The highest BCUT2D eigenvalue weighted by atomic mass is 19.1. The number of hydrogen-bond acceptors (Lipinski definition) is 4. The van der Waals surface area contributed by atoms with Crippen LogP contribution < -0.4 is 5.32 Å². The summed E-state index contributed by atoms with van der Waals surface area (Å²) in [4.78, 5) is 23.3. The smallest absolute Gasteiger partial charge is 0.310 e. The van der Waals surface area contributed by atoms with Crippen molar-refractivity contribution < 1.29 is 18.7 Å². The Morgan fingerprint density at radius 1 is 1.17 bits per heavy atom. The summed E-state index contributed by atoms with van der Waals surface area (Å²) < 4.78 is 17.6. The van der Waals surface area contributed by atoms with E-state index in [1.54, 1.807) is 18.2 Å². The molecule has 0 aliphatic rings. The van der Waals surface area contributed by atoms with Crippen molar-refractivity contribution in [3.63, 3.8) is 0 Å². The minimum atomic E-state index is -0.586. The van der Waals surface area contributed by atoms with E-state index >= 15 is 0 Å². The van der Waals surface area contributed by atoms with Gasteiger partial charge in [-0.15, -0.1) is 0 Å². The van der Waals surface area contributed by atoms with E-state index in [-0.39, 0.29) is 12.2 Å². The summed E-state index contributed by atoms with van der Waals surface area (Å²) in [6.07, 6.45) is -0.0442. The molecule has 116 valence electrons. The van der Waals surface area contributed by atoms with Crippen molar-refractivity contribution in [1.82, 2.24) is 0 Å². The molecule has 0 aliphatic carbocycles. The first-order valence-corrected chi connectivity index (χ1v) is 6.77. The van der Waals surface area contributed by atoms with Crippen molar-refractivity contribution in [1.29, 1.82) is 5.26 Å². The van der Waals surface area contributed by atoms with E-state index in [1.807, 2.05) is 6.07 Å². The van der Waals surface area contributed by atoms with Gasteiger partial charge in [0.2, 0.25) is 0 Å². The number of esters is 1. The maximum Gasteiger partial charge on any atom is 0.310 e. The second kappa shape index (κ2) is 7.71. The van der Waals surface area contributed by atoms with Crippen LogP contribution in [0, 0.1) is 17.1 Å². The summed E-state index contributed by atoms with van der Waals surface area (Å²) >= 11 is 0. The van der Waals surface area contributed by atoms with Crippen molar-refractivity contribution in [2.45, 2.75) is 6.42 Å². The quantitative estimate of drug-likeness (QED) is 0.860. The molecule has 0 aliphatic heterocycles. The molecule has 0 radical (unpaired) electrons. The van der Waals surface area contributed by atoms with E-state index < -0.39 is 18.5 Å². The molecule has 0 atom stereocenters. The van der Waals surface area contributed by atoms with Gasteiger partial charge in [0.05, 0.1) is 18.1 Å². The number of nitrogens with zero attached hydrogens (tertiary/aromatic N) is 1. The monoisotopic (exact) mass is 312 g/mol. The molecule has 1 N–H and O–H groups in total. The van der Waals surface area contributed by atoms with E-state index in [4.69, 9.17) is 10.00 Å². The lowest BCUT2D eigenvalue weighted by atomic mass is 10.1. The summed E-state index contributed by atoms with van der Waals surface area (Å²) in [5, 5.41) is 11.3. The number of anilines is 1. The molecule has 0 fully saturated rings. The van der Waals surface area contributed by atoms with Gasteiger partial charge in [-0.2, -0.15) is 5.26 Å². The molecule has 5 nitrogen and oxygen atoms in total. The number of benzene rings is 2. The molecule has 1 amide bonds. The maximum absolute atomic E-state index is 12.7. The summed E-state index contributed by atoms with van der Waals surface area (Å²) in [7, 11) is 0. The Balaban J connectivity index is 1.80. The lowest BCUT2D eigenvalue weighted by molar-refractivity contribution is -0.146. The van der Waals surface area contributed by atoms with E-state index in [0.29, 0.717) is 16.8 Å². The zero-order chi connectivity index (χ0) is 16.7. The summed E-state index contributed by atoms with van der Waals surface area (Å²) in [6, 6.07) is 13.8. The molecular weight excluding hydrogens is 299 g/mol. The highest BCUT2D eigenvalue weighted by molar-refractivity contribution is 5.93. The second-order valence-electron chi connectivity index (χ2n) is 4.70. The molecule has 23 heavy (non-hydrogen) atoms. The third-order valence-electron chi connectivity index (χ3n) is 2.90. The molecule has 0 spiro atoms. The first-order valence-electron chi connectivity index (χ1n) is 6.77. The van der Waals surface area contributed by atoms with E-state index in [0.717, 1.165) is 0 Å². The largest absolute Gasteiger partial charge is 0.455 e. The molecule has 0 unspecified atom stereocenters. The van der Waals surface area contributed by atoms with Gasteiger partial charge in [0.15, 0.2) is 6.61 Å². The topological polar surface area (TPSA) is 79.2 Å². The number of hydrogen-bond donors (Lipinski definition) is 1. The van der Waals surface area contributed by atoms with Crippen molar-refractivity contribution in [2.75, 3.05) is 11.9 Å². The lowest BCUT2D eigenvalue weighted by Crippen LogP contribution is -2.21. The zero-order valence-electron chi connectivity index (χ0n) is 12.1. The van der Waals surface area contributed by atoms with Gasteiger partial charge < -0.3 is 10.1 Å². The normalized spacial score (nSPS) is 9.74. The number of ether oxygens (including phenoxy) is 1. The standard InChI is InChI=1S/C17H13FN2O3/c18-14-6-4-12(5-7-14)9-17(22)23-11-16(21)20-15-3-1-2-13(8-15)10-19/h1-8H,9,11H2,(H,20,21). The fourth-order valence-electron chi connectivity index (χ4n) is 1.83. The molecule has 0 saturated heterocycles. The maximum atomic E-state index is 12.7. The van der Waals surface area contributed by atoms with E-state index in [1.165, 1.54) is 30.3 Å². The van der Waals surface area contributed by atoms with Gasteiger partial charge in [-0.1, -0.05) is 18.2 Å². The molecule has 0 saturated carbocycles. The van der Waals surface area contributed by atoms with Gasteiger partial charge in [0, 0.05) is 5.69 Å². The Morgan fingerprint density at radius 2 is 1.91 bits per heavy atom. The van der Waals surface area contributed by atoms with Crippen LogP contribution in [-0.4, -0.2) is 18.5 Å². The van der Waals surface area contributed by atoms with Gasteiger partial charge in [-0.25, -0.2) is 4.39 Å². The van der Waals surface area contributed by atoms with Crippen molar-refractivity contribution in [2.24, 2.45) is 0 Å². The minimum absolute atomic E-state index is 0.0442. The Bertz CT molecular complexity index is 751. The van der Waals surface area contributed by atoms with Gasteiger partial charge in [-0.3, -0.25) is 9.59 Å². The number of amides is 1. The molecule has 0 aromatic heterocycles. The molecule has 2 aromatic rings. The van der Waals surface area contributed by atoms with Crippen molar-refractivity contribution >= 4 is 17.6 Å². The van der Waals surface area contributed by atoms with Crippen molar-refractivity contribution in [3.05, 3.63) is 65.5 Å². The Labute approximate surface area is 132 Å². The fraction of sp³-hybridized carbons (Fsp3) is 0.118.